The number of nitrogens with zero attached hydrogens (tertiary/aromatic N) is 1. The third-order valence-corrected chi connectivity index (χ3v) is 3.24. The van der Waals surface area contributed by atoms with Gasteiger partial charge in [-0.15, -0.1) is 0 Å². The van der Waals surface area contributed by atoms with Crippen molar-refractivity contribution in [3.8, 4) is 0 Å². The van der Waals surface area contributed by atoms with Gasteiger partial charge in [0.25, 0.3) is 5.91 Å². The molecule has 0 fully saturated rings. The number of aromatic nitrogens is 1. The van der Waals surface area contributed by atoms with Crippen molar-refractivity contribution in [3.05, 3.63) is 56.9 Å². The number of nitrogens with one attached hydrogen (secondary N) is 1. The highest BCUT2D eigenvalue weighted by molar-refractivity contribution is 14.1. The highest BCUT2D eigenvalue weighted by Gasteiger charge is 2.10. The number of hydrogen-bond donors (Lipinski definition) is 1. The maximum atomic E-state index is 12.0. The molecule has 0 saturated heterocycles. The van der Waals surface area contributed by atoms with Crippen LogP contribution in [0.4, 0.5) is 5.69 Å². The molecule has 1 N–H and O–H groups in total. The molecular formula is C12H8ClIN2O. The smallest absolute Gasteiger partial charge is 0.256 e. The zero-order valence-corrected chi connectivity index (χ0v) is 11.6. The van der Waals surface area contributed by atoms with Crippen LogP contribution in [-0.4, -0.2) is 10.9 Å². The van der Waals surface area contributed by atoms with E-state index in [9.17, 15) is 4.79 Å². The van der Waals surface area contributed by atoms with Gasteiger partial charge < -0.3 is 5.32 Å². The van der Waals surface area contributed by atoms with Gasteiger partial charge in [-0.1, -0.05) is 11.6 Å². The minimum atomic E-state index is -0.155. The van der Waals surface area contributed by atoms with E-state index < -0.39 is 0 Å². The summed E-state index contributed by atoms with van der Waals surface area (Å²) in [4.78, 5) is 15.9. The number of amides is 1. The number of hydrogen-bond acceptors (Lipinski definition) is 2. The summed E-state index contributed by atoms with van der Waals surface area (Å²) in [5, 5.41) is 3.41. The molecule has 0 saturated carbocycles. The summed E-state index contributed by atoms with van der Waals surface area (Å²) in [6.07, 6.45) is 3.25. The van der Waals surface area contributed by atoms with E-state index in [1.54, 1.807) is 42.7 Å². The molecule has 1 aromatic heterocycles. The van der Waals surface area contributed by atoms with Crippen molar-refractivity contribution in [1.82, 2.24) is 4.98 Å². The molecular weight excluding hydrogens is 351 g/mol. The fourth-order valence-electron chi connectivity index (χ4n) is 1.31. The predicted octanol–water partition coefficient (Wildman–Crippen LogP) is 3.59. The van der Waals surface area contributed by atoms with Crippen LogP contribution in [-0.2, 0) is 0 Å². The molecule has 0 aliphatic rings. The van der Waals surface area contributed by atoms with Crippen LogP contribution in [0.25, 0.3) is 0 Å². The molecule has 0 unspecified atom stereocenters. The van der Waals surface area contributed by atoms with E-state index in [-0.39, 0.29) is 5.91 Å². The van der Waals surface area contributed by atoms with Crippen molar-refractivity contribution in [2.24, 2.45) is 0 Å². The molecule has 2 aromatic rings. The number of carbonyl (C=O) groups excluding carboxylic acids is 1. The first-order chi connectivity index (χ1) is 8.16. The topological polar surface area (TPSA) is 42.0 Å². The second kappa shape index (κ2) is 5.46. The molecule has 1 aromatic carbocycles. The van der Waals surface area contributed by atoms with Crippen LogP contribution in [0.2, 0.25) is 5.02 Å². The molecule has 0 aliphatic heterocycles. The van der Waals surface area contributed by atoms with Crippen LogP contribution < -0.4 is 5.32 Å². The molecule has 1 heterocycles. The summed E-state index contributed by atoms with van der Waals surface area (Å²) in [5.74, 6) is -0.155. The van der Waals surface area contributed by atoms with Crippen LogP contribution in [0.3, 0.4) is 0 Å². The summed E-state index contributed by atoms with van der Waals surface area (Å²) < 4.78 is 0.821. The maximum absolute atomic E-state index is 12.0. The van der Waals surface area contributed by atoms with Gasteiger partial charge in [-0.25, -0.2) is 0 Å². The average molecular weight is 359 g/mol. The standard InChI is InChI=1S/C12H8ClIN2O/c13-8-1-2-10(11(14)7-8)12(17)16-9-3-5-15-6-4-9/h1-7H,(H,15,16,17). The fraction of sp³-hybridized carbons (Fsp3) is 0. The number of rotatable bonds is 2. The Balaban J connectivity index is 2.21. The first kappa shape index (κ1) is 12.3. The Morgan fingerprint density at radius 2 is 1.94 bits per heavy atom. The van der Waals surface area contributed by atoms with Crippen molar-refractivity contribution in [1.29, 1.82) is 0 Å². The molecule has 0 spiro atoms. The molecule has 3 nitrogen and oxygen atoms in total. The lowest BCUT2D eigenvalue weighted by molar-refractivity contribution is 0.102. The lowest BCUT2D eigenvalue weighted by Crippen LogP contribution is -2.13. The summed E-state index contributed by atoms with van der Waals surface area (Å²) in [7, 11) is 0. The van der Waals surface area contributed by atoms with Gasteiger partial charge in [-0.3, -0.25) is 9.78 Å². The second-order valence-corrected chi connectivity index (χ2v) is 4.91. The van der Waals surface area contributed by atoms with E-state index in [4.69, 9.17) is 11.6 Å². The molecule has 0 bridgehead atoms. The molecule has 0 radical (unpaired) electrons. The molecule has 86 valence electrons. The van der Waals surface area contributed by atoms with E-state index in [0.29, 0.717) is 10.6 Å². The van der Waals surface area contributed by atoms with E-state index in [1.807, 2.05) is 0 Å². The Morgan fingerprint density at radius 3 is 2.59 bits per heavy atom. The molecule has 5 heteroatoms. The SMILES string of the molecule is O=C(Nc1ccncc1)c1ccc(Cl)cc1I. The molecule has 0 aliphatic carbocycles. The van der Waals surface area contributed by atoms with Crippen molar-refractivity contribution >= 4 is 45.8 Å². The van der Waals surface area contributed by atoms with E-state index in [1.165, 1.54) is 0 Å². The zero-order valence-electron chi connectivity index (χ0n) is 8.65. The van der Waals surface area contributed by atoms with E-state index in [0.717, 1.165) is 9.26 Å². The van der Waals surface area contributed by atoms with Crippen LogP contribution in [0.1, 0.15) is 10.4 Å². The number of carbonyl (C=O) groups is 1. The van der Waals surface area contributed by atoms with Gasteiger partial charge >= 0.3 is 0 Å². The van der Waals surface area contributed by atoms with E-state index in [2.05, 4.69) is 32.9 Å². The van der Waals surface area contributed by atoms with Crippen LogP contribution in [0.5, 0.6) is 0 Å². The average Bonchev–Trinajstić information content (AvgIpc) is 2.30. The summed E-state index contributed by atoms with van der Waals surface area (Å²) in [5.41, 5.74) is 1.32. The maximum Gasteiger partial charge on any atom is 0.256 e. The first-order valence-corrected chi connectivity index (χ1v) is 6.29. The Bertz CT molecular complexity index is 545. The van der Waals surface area contributed by atoms with Gasteiger partial charge in [0.1, 0.15) is 0 Å². The quantitative estimate of drug-likeness (QED) is 0.834. The highest BCUT2D eigenvalue weighted by atomic mass is 127. The zero-order chi connectivity index (χ0) is 12.3. The summed E-state index contributed by atoms with van der Waals surface area (Å²) >= 11 is 7.92. The highest BCUT2D eigenvalue weighted by Crippen LogP contribution is 2.19. The molecule has 2 rings (SSSR count). The Hall–Kier alpha value is -1.14. The summed E-state index contributed by atoms with van der Waals surface area (Å²) in [6, 6.07) is 8.64. The van der Waals surface area contributed by atoms with Crippen molar-refractivity contribution in [2.45, 2.75) is 0 Å². The number of pyridine rings is 1. The Kier molecular flexibility index (Phi) is 3.96. The minimum Gasteiger partial charge on any atom is -0.322 e. The van der Waals surface area contributed by atoms with Crippen molar-refractivity contribution < 1.29 is 4.79 Å². The van der Waals surface area contributed by atoms with Crippen molar-refractivity contribution in [3.63, 3.8) is 0 Å². The lowest BCUT2D eigenvalue weighted by Gasteiger charge is -2.06. The van der Waals surface area contributed by atoms with Gasteiger partial charge in [0.15, 0.2) is 0 Å². The predicted molar refractivity (Wildman–Crippen MR) is 76.4 cm³/mol. The normalized spacial score (nSPS) is 10.0. The van der Waals surface area contributed by atoms with Gasteiger partial charge in [-0.2, -0.15) is 0 Å². The van der Waals surface area contributed by atoms with Crippen LogP contribution >= 0.6 is 34.2 Å². The minimum absolute atomic E-state index is 0.155. The van der Waals surface area contributed by atoms with Crippen LogP contribution in [0.15, 0.2) is 42.7 Å². The number of benzene rings is 1. The monoisotopic (exact) mass is 358 g/mol. The fourth-order valence-corrected chi connectivity index (χ4v) is 2.42. The Labute approximate surface area is 117 Å². The second-order valence-electron chi connectivity index (χ2n) is 3.31. The molecule has 17 heavy (non-hydrogen) atoms. The van der Waals surface area contributed by atoms with Gasteiger partial charge in [0, 0.05) is 26.7 Å². The van der Waals surface area contributed by atoms with Gasteiger partial charge in [0.2, 0.25) is 0 Å². The molecule has 0 atom stereocenters. The van der Waals surface area contributed by atoms with Gasteiger partial charge in [0.05, 0.1) is 5.56 Å². The Morgan fingerprint density at radius 1 is 1.24 bits per heavy atom. The van der Waals surface area contributed by atoms with E-state index >= 15 is 0 Å². The first-order valence-electron chi connectivity index (χ1n) is 4.83. The van der Waals surface area contributed by atoms with Crippen LogP contribution in [0, 0.1) is 3.57 Å². The molecule has 1 amide bonds. The summed E-state index contributed by atoms with van der Waals surface area (Å²) in [6.45, 7) is 0. The third-order valence-electron chi connectivity index (χ3n) is 2.11. The number of halogens is 2. The third kappa shape index (κ3) is 3.17. The van der Waals surface area contributed by atoms with Crippen molar-refractivity contribution in [2.75, 3.05) is 5.32 Å². The largest absolute Gasteiger partial charge is 0.322 e. The van der Waals surface area contributed by atoms with Gasteiger partial charge in [-0.05, 0) is 52.9 Å². The number of anilines is 1. The lowest BCUT2D eigenvalue weighted by atomic mass is 10.2.